The van der Waals surface area contributed by atoms with Crippen molar-refractivity contribution in [2.45, 2.75) is 45.4 Å². The Labute approximate surface area is 223 Å². The molecule has 186 valence electrons. The number of thiophene rings is 1. The Bertz CT molecular complexity index is 1370. The highest BCUT2D eigenvalue weighted by atomic mass is 35.5. The molecule has 9 heteroatoms. The van der Waals surface area contributed by atoms with E-state index < -0.39 is 11.9 Å². The first-order valence-corrected chi connectivity index (χ1v) is 13.3. The van der Waals surface area contributed by atoms with Crippen molar-refractivity contribution in [3.63, 3.8) is 0 Å². The summed E-state index contributed by atoms with van der Waals surface area (Å²) in [7, 11) is 0. The zero-order valence-corrected chi connectivity index (χ0v) is 22.0. The van der Waals surface area contributed by atoms with Crippen LogP contribution in [0.2, 0.25) is 10.0 Å². The van der Waals surface area contributed by atoms with Crippen LogP contribution in [0, 0.1) is 11.3 Å². The van der Waals surface area contributed by atoms with Crippen molar-refractivity contribution in [2.75, 3.05) is 11.9 Å². The molecule has 0 radical (unpaired) electrons. The maximum absolute atomic E-state index is 13.0. The highest BCUT2D eigenvalue weighted by molar-refractivity contribution is 7.17. The van der Waals surface area contributed by atoms with E-state index in [9.17, 15) is 14.9 Å². The van der Waals surface area contributed by atoms with Gasteiger partial charge in [0, 0.05) is 21.5 Å². The standard InChI is InChI=1S/C27H24Cl2N2O4S/c1-2-3-12-34-27(33)24-20-6-4-5-7-23(20)36-26(24)31-25(32)16(15-30)13-18-9-11-22(35-18)19-10-8-17(28)14-21(19)29/h8-11,13-14H,2-7,12H2,1H3,(H,31,32). The monoisotopic (exact) mass is 542 g/mol. The molecule has 3 aromatic rings. The maximum Gasteiger partial charge on any atom is 0.341 e. The molecule has 6 nitrogen and oxygen atoms in total. The van der Waals surface area contributed by atoms with Crippen LogP contribution in [0.5, 0.6) is 0 Å². The van der Waals surface area contributed by atoms with Gasteiger partial charge in [-0.3, -0.25) is 4.79 Å². The summed E-state index contributed by atoms with van der Waals surface area (Å²) in [6, 6.07) is 10.3. The number of carbonyl (C=O) groups excluding carboxylic acids is 2. The summed E-state index contributed by atoms with van der Waals surface area (Å²) in [5.74, 6) is -0.270. The Balaban J connectivity index is 1.57. The number of unbranched alkanes of at least 4 members (excludes halogenated alkanes) is 1. The van der Waals surface area contributed by atoms with Gasteiger partial charge in [-0.1, -0.05) is 36.5 Å². The fourth-order valence-corrected chi connectivity index (χ4v) is 5.75. The number of ether oxygens (including phenoxy) is 1. The number of anilines is 1. The maximum atomic E-state index is 13.0. The second kappa shape index (κ2) is 11.8. The van der Waals surface area contributed by atoms with Gasteiger partial charge in [-0.15, -0.1) is 11.3 Å². The molecule has 0 fully saturated rings. The summed E-state index contributed by atoms with van der Waals surface area (Å²) in [6.07, 6.45) is 6.68. The van der Waals surface area contributed by atoms with Gasteiger partial charge < -0.3 is 14.5 Å². The van der Waals surface area contributed by atoms with Crippen molar-refractivity contribution in [1.29, 1.82) is 5.26 Å². The molecule has 2 aromatic heterocycles. The molecule has 1 amide bonds. The number of hydrogen-bond acceptors (Lipinski definition) is 6. The third kappa shape index (κ3) is 5.84. The molecule has 1 aliphatic rings. The number of benzene rings is 1. The van der Waals surface area contributed by atoms with Gasteiger partial charge in [0.2, 0.25) is 0 Å². The molecule has 1 aromatic carbocycles. The average molecular weight is 543 g/mol. The second-order valence-electron chi connectivity index (χ2n) is 8.35. The Morgan fingerprint density at radius 1 is 1.22 bits per heavy atom. The Kier molecular flexibility index (Phi) is 8.52. The molecule has 0 spiro atoms. The van der Waals surface area contributed by atoms with E-state index >= 15 is 0 Å². The molecule has 0 saturated heterocycles. The van der Waals surface area contributed by atoms with Crippen molar-refractivity contribution < 1.29 is 18.7 Å². The zero-order valence-electron chi connectivity index (χ0n) is 19.7. The molecule has 1 aliphatic carbocycles. The molecule has 0 saturated carbocycles. The van der Waals surface area contributed by atoms with Gasteiger partial charge in [-0.25, -0.2) is 4.79 Å². The van der Waals surface area contributed by atoms with Crippen LogP contribution in [-0.4, -0.2) is 18.5 Å². The number of carbonyl (C=O) groups is 2. The largest absolute Gasteiger partial charge is 0.462 e. The number of furan rings is 1. The van der Waals surface area contributed by atoms with Gasteiger partial charge in [0.25, 0.3) is 5.91 Å². The summed E-state index contributed by atoms with van der Waals surface area (Å²) < 4.78 is 11.3. The minimum Gasteiger partial charge on any atom is -0.462 e. The van der Waals surface area contributed by atoms with Crippen molar-refractivity contribution >= 4 is 57.5 Å². The average Bonchev–Trinajstić information content (AvgIpc) is 3.46. The van der Waals surface area contributed by atoms with Crippen LogP contribution in [0.4, 0.5) is 5.00 Å². The van der Waals surface area contributed by atoms with E-state index in [0.29, 0.717) is 44.3 Å². The fourth-order valence-electron chi connectivity index (χ4n) is 3.98. The number of fused-ring (bicyclic) bond motifs is 1. The van der Waals surface area contributed by atoms with Gasteiger partial charge in [0.15, 0.2) is 0 Å². The molecule has 0 aliphatic heterocycles. The van der Waals surface area contributed by atoms with Gasteiger partial charge in [-0.2, -0.15) is 5.26 Å². The number of hydrogen-bond donors (Lipinski definition) is 1. The number of aryl methyl sites for hydroxylation is 1. The second-order valence-corrected chi connectivity index (χ2v) is 10.3. The van der Waals surface area contributed by atoms with E-state index in [1.54, 1.807) is 30.3 Å². The van der Waals surface area contributed by atoms with E-state index in [-0.39, 0.29) is 5.57 Å². The summed E-state index contributed by atoms with van der Waals surface area (Å²) in [4.78, 5) is 27.0. The van der Waals surface area contributed by atoms with Crippen LogP contribution < -0.4 is 5.32 Å². The highest BCUT2D eigenvalue weighted by Crippen LogP contribution is 2.39. The lowest BCUT2D eigenvalue weighted by molar-refractivity contribution is -0.112. The lowest BCUT2D eigenvalue weighted by atomic mass is 9.95. The number of halogens is 2. The molecule has 0 atom stereocenters. The van der Waals surface area contributed by atoms with Crippen molar-refractivity contribution in [1.82, 2.24) is 0 Å². The van der Waals surface area contributed by atoms with Crippen LogP contribution in [-0.2, 0) is 22.4 Å². The molecule has 1 N–H and O–H groups in total. The first kappa shape index (κ1) is 26.0. The lowest BCUT2D eigenvalue weighted by Crippen LogP contribution is -2.17. The van der Waals surface area contributed by atoms with Gasteiger partial charge in [0.05, 0.1) is 17.2 Å². The SMILES string of the molecule is CCCCOC(=O)c1c(NC(=O)C(C#N)=Cc2ccc(-c3ccc(Cl)cc3Cl)o2)sc2c1CCCC2. The minimum atomic E-state index is -0.624. The summed E-state index contributed by atoms with van der Waals surface area (Å²) >= 11 is 13.6. The molecule has 0 unspecified atom stereocenters. The Hall–Kier alpha value is -3.05. The van der Waals surface area contributed by atoms with E-state index in [1.807, 2.05) is 13.0 Å². The fraction of sp³-hybridized carbons (Fsp3) is 0.296. The van der Waals surface area contributed by atoms with Gasteiger partial charge in [0.1, 0.15) is 28.2 Å². The third-order valence-corrected chi connectivity index (χ3v) is 7.56. The van der Waals surface area contributed by atoms with Gasteiger partial charge in [-0.05, 0) is 68.0 Å². The van der Waals surface area contributed by atoms with E-state index in [1.165, 1.54) is 17.4 Å². The molecule has 0 bridgehead atoms. The van der Waals surface area contributed by atoms with Crippen LogP contribution in [0.3, 0.4) is 0 Å². The number of rotatable bonds is 8. The number of nitrogens with zero attached hydrogens (tertiary/aromatic N) is 1. The number of esters is 1. The molecule has 2 heterocycles. The van der Waals surface area contributed by atoms with E-state index in [2.05, 4.69) is 5.32 Å². The van der Waals surface area contributed by atoms with E-state index in [4.69, 9.17) is 32.4 Å². The summed E-state index contributed by atoms with van der Waals surface area (Å²) in [5, 5.41) is 13.8. The van der Waals surface area contributed by atoms with Crippen molar-refractivity contribution in [2.24, 2.45) is 0 Å². The molecular weight excluding hydrogens is 519 g/mol. The zero-order chi connectivity index (χ0) is 25.7. The summed E-state index contributed by atoms with van der Waals surface area (Å²) in [5.41, 5.74) is 1.84. The van der Waals surface area contributed by atoms with Crippen molar-refractivity contribution in [3.8, 4) is 17.4 Å². The van der Waals surface area contributed by atoms with Crippen LogP contribution in [0.1, 0.15) is 59.2 Å². The predicted molar refractivity (Wildman–Crippen MR) is 143 cm³/mol. The third-order valence-electron chi connectivity index (χ3n) is 5.81. The van der Waals surface area contributed by atoms with Crippen LogP contribution in [0.15, 0.2) is 40.3 Å². The molecule has 36 heavy (non-hydrogen) atoms. The Morgan fingerprint density at radius 3 is 2.78 bits per heavy atom. The van der Waals surface area contributed by atoms with E-state index in [0.717, 1.165) is 49.0 Å². The lowest BCUT2D eigenvalue weighted by Gasteiger charge is -2.12. The highest BCUT2D eigenvalue weighted by Gasteiger charge is 2.28. The van der Waals surface area contributed by atoms with Crippen LogP contribution >= 0.6 is 34.5 Å². The number of nitrogens with one attached hydrogen (secondary N) is 1. The smallest absolute Gasteiger partial charge is 0.341 e. The summed E-state index contributed by atoms with van der Waals surface area (Å²) in [6.45, 7) is 2.35. The first-order chi connectivity index (χ1) is 17.4. The first-order valence-electron chi connectivity index (χ1n) is 11.7. The minimum absolute atomic E-state index is 0.158. The molecular formula is C27H24Cl2N2O4S. The quantitative estimate of drug-likeness (QED) is 0.136. The topological polar surface area (TPSA) is 92.3 Å². The van der Waals surface area contributed by atoms with Crippen LogP contribution in [0.25, 0.3) is 17.4 Å². The molecule has 4 rings (SSSR count). The Morgan fingerprint density at radius 2 is 2.03 bits per heavy atom. The number of nitriles is 1. The predicted octanol–water partition coefficient (Wildman–Crippen LogP) is 7.70. The van der Waals surface area contributed by atoms with Gasteiger partial charge >= 0.3 is 5.97 Å². The number of amides is 1. The normalized spacial score (nSPS) is 13.1. The van der Waals surface area contributed by atoms with Crippen molar-refractivity contribution in [3.05, 3.63) is 67.7 Å².